The van der Waals surface area contributed by atoms with Crippen LogP contribution in [-0.2, 0) is 0 Å². The van der Waals surface area contributed by atoms with Crippen molar-refractivity contribution >= 4 is 22.3 Å². The molecule has 0 spiro atoms. The molecule has 6 nitrogen and oxygen atoms in total. The number of aryl methyl sites for hydroxylation is 2. The van der Waals surface area contributed by atoms with Crippen LogP contribution in [0.1, 0.15) is 11.4 Å². The van der Waals surface area contributed by atoms with Gasteiger partial charge in [0.1, 0.15) is 18.2 Å². The van der Waals surface area contributed by atoms with Gasteiger partial charge in [0.2, 0.25) is 5.88 Å². The molecule has 0 aliphatic rings. The van der Waals surface area contributed by atoms with E-state index in [9.17, 15) is 0 Å². The summed E-state index contributed by atoms with van der Waals surface area (Å²) in [6.45, 7) is 4.76. The maximum atomic E-state index is 5.47. The van der Waals surface area contributed by atoms with E-state index in [0.29, 0.717) is 30.7 Å². The van der Waals surface area contributed by atoms with Crippen LogP contribution in [0.2, 0.25) is 0 Å². The molecule has 0 bridgehead atoms. The number of nitrogens with two attached hydrogens (primary N) is 1. The summed E-state index contributed by atoms with van der Waals surface area (Å²) < 4.78 is 5.47. The van der Waals surface area contributed by atoms with Gasteiger partial charge in [0.05, 0.1) is 4.88 Å². The van der Waals surface area contributed by atoms with Crippen LogP contribution in [0, 0.1) is 13.8 Å². The van der Waals surface area contributed by atoms with Crippen LogP contribution < -0.4 is 15.8 Å². The Balaban J connectivity index is 1.77. The number of anilines is 2. The first-order valence-electron chi connectivity index (χ1n) is 7.62. The Morgan fingerprint density at radius 1 is 1.17 bits per heavy atom. The van der Waals surface area contributed by atoms with Crippen LogP contribution in [0.3, 0.4) is 0 Å². The average Bonchev–Trinajstić information content (AvgIpc) is 3.01. The largest absolute Gasteiger partial charge is 0.476 e. The smallest absolute Gasteiger partial charge is 0.218 e. The molecule has 0 fully saturated rings. The summed E-state index contributed by atoms with van der Waals surface area (Å²) in [4.78, 5) is 14.1. The Hall–Kier alpha value is -2.51. The number of nitrogens with zero attached hydrogens (tertiary/aromatic N) is 3. The third kappa shape index (κ3) is 4.06. The molecular formula is C17H19N5OS. The van der Waals surface area contributed by atoms with Crippen LogP contribution in [-0.4, -0.2) is 28.1 Å². The van der Waals surface area contributed by atoms with Crippen LogP contribution in [0.4, 0.5) is 10.9 Å². The molecule has 124 valence electrons. The number of aromatic nitrogens is 3. The lowest BCUT2D eigenvalue weighted by Crippen LogP contribution is -2.12. The van der Waals surface area contributed by atoms with E-state index in [1.54, 1.807) is 17.4 Å². The van der Waals surface area contributed by atoms with Crippen molar-refractivity contribution < 1.29 is 4.74 Å². The molecule has 0 aliphatic heterocycles. The number of benzene rings is 1. The Morgan fingerprint density at radius 2 is 1.96 bits per heavy atom. The number of rotatable bonds is 6. The molecule has 7 heteroatoms. The predicted octanol–water partition coefficient (Wildman–Crippen LogP) is 3.30. The fourth-order valence-corrected chi connectivity index (χ4v) is 2.96. The normalized spacial score (nSPS) is 10.6. The van der Waals surface area contributed by atoms with Crippen molar-refractivity contribution in [2.45, 2.75) is 13.8 Å². The number of ether oxygens (including phenoxy) is 1. The van der Waals surface area contributed by atoms with E-state index in [4.69, 9.17) is 10.5 Å². The third-order valence-electron chi connectivity index (χ3n) is 3.26. The maximum Gasteiger partial charge on any atom is 0.218 e. The van der Waals surface area contributed by atoms with Crippen molar-refractivity contribution in [1.82, 2.24) is 15.0 Å². The Kier molecular flexibility index (Phi) is 5.02. The average molecular weight is 341 g/mol. The van der Waals surface area contributed by atoms with E-state index < -0.39 is 0 Å². The van der Waals surface area contributed by atoms with E-state index in [1.165, 1.54) is 5.56 Å². The number of hydrogen-bond donors (Lipinski definition) is 2. The van der Waals surface area contributed by atoms with Crippen molar-refractivity contribution in [3.8, 4) is 16.3 Å². The number of thiazole rings is 1. The zero-order valence-corrected chi connectivity index (χ0v) is 14.4. The first kappa shape index (κ1) is 16.4. The summed E-state index contributed by atoms with van der Waals surface area (Å²) in [6, 6.07) is 10.1. The molecule has 0 unspecified atom stereocenters. The fourth-order valence-electron chi connectivity index (χ4n) is 2.13. The summed E-state index contributed by atoms with van der Waals surface area (Å²) in [5.74, 6) is 1.78. The van der Waals surface area contributed by atoms with E-state index in [2.05, 4.69) is 51.5 Å². The van der Waals surface area contributed by atoms with Crippen molar-refractivity contribution in [2.24, 2.45) is 5.73 Å². The van der Waals surface area contributed by atoms with Gasteiger partial charge in [0.15, 0.2) is 5.13 Å². The van der Waals surface area contributed by atoms with Gasteiger partial charge in [0.25, 0.3) is 0 Å². The highest BCUT2D eigenvalue weighted by molar-refractivity contribution is 7.18. The van der Waals surface area contributed by atoms with Crippen molar-refractivity contribution in [3.63, 3.8) is 0 Å². The molecule has 3 N–H and O–H groups in total. The van der Waals surface area contributed by atoms with Crippen LogP contribution >= 0.6 is 11.3 Å². The van der Waals surface area contributed by atoms with Crippen LogP contribution in [0.25, 0.3) is 10.4 Å². The van der Waals surface area contributed by atoms with Crippen molar-refractivity contribution in [1.29, 1.82) is 0 Å². The van der Waals surface area contributed by atoms with Gasteiger partial charge in [-0.15, -0.1) is 0 Å². The maximum absolute atomic E-state index is 5.47. The summed E-state index contributed by atoms with van der Waals surface area (Å²) in [5.41, 5.74) is 7.84. The van der Waals surface area contributed by atoms with E-state index in [1.807, 2.05) is 13.1 Å². The summed E-state index contributed by atoms with van der Waals surface area (Å²) in [6.07, 6.45) is 1.86. The standard InChI is InChI=1S/C17H19N5OS/c1-11-3-5-13(6-4-11)14-10-19-17(24-14)22-15-9-16(23-8-7-18)21-12(2)20-15/h3-6,9-10H,7-8,18H2,1-2H3,(H,19,20,21,22). The van der Waals surface area contributed by atoms with Gasteiger partial charge >= 0.3 is 0 Å². The second kappa shape index (κ2) is 7.37. The third-order valence-corrected chi connectivity index (χ3v) is 4.22. The lowest BCUT2D eigenvalue weighted by molar-refractivity contribution is 0.314. The van der Waals surface area contributed by atoms with Gasteiger partial charge < -0.3 is 15.8 Å². The van der Waals surface area contributed by atoms with E-state index in [0.717, 1.165) is 15.6 Å². The monoisotopic (exact) mass is 341 g/mol. The van der Waals surface area contributed by atoms with Gasteiger partial charge in [-0.1, -0.05) is 41.2 Å². The van der Waals surface area contributed by atoms with Gasteiger partial charge in [0, 0.05) is 18.8 Å². The minimum absolute atomic E-state index is 0.421. The topological polar surface area (TPSA) is 86.0 Å². The molecule has 0 radical (unpaired) electrons. The quantitative estimate of drug-likeness (QED) is 0.715. The Morgan fingerprint density at radius 3 is 2.71 bits per heavy atom. The molecule has 2 heterocycles. The SMILES string of the molecule is Cc1ccc(-c2cnc(Nc3cc(OCCN)nc(C)n3)s2)cc1. The second-order valence-corrected chi connectivity index (χ2v) is 6.33. The zero-order chi connectivity index (χ0) is 16.9. The zero-order valence-electron chi connectivity index (χ0n) is 13.6. The number of nitrogens with one attached hydrogen (secondary N) is 1. The molecule has 0 aliphatic carbocycles. The van der Waals surface area contributed by atoms with Gasteiger partial charge in [-0.3, -0.25) is 0 Å². The van der Waals surface area contributed by atoms with E-state index >= 15 is 0 Å². The molecule has 24 heavy (non-hydrogen) atoms. The molecule has 0 saturated carbocycles. The van der Waals surface area contributed by atoms with Gasteiger partial charge in [-0.25, -0.2) is 9.97 Å². The van der Waals surface area contributed by atoms with Crippen molar-refractivity contribution in [3.05, 3.63) is 47.9 Å². The molecule has 0 saturated heterocycles. The lowest BCUT2D eigenvalue weighted by Gasteiger charge is -2.07. The lowest BCUT2D eigenvalue weighted by atomic mass is 10.1. The molecule has 3 rings (SSSR count). The molecule has 1 aromatic carbocycles. The molecule has 0 atom stereocenters. The minimum atomic E-state index is 0.421. The van der Waals surface area contributed by atoms with Crippen LogP contribution in [0.5, 0.6) is 5.88 Å². The highest BCUT2D eigenvalue weighted by Crippen LogP contribution is 2.30. The first-order valence-corrected chi connectivity index (χ1v) is 8.44. The minimum Gasteiger partial charge on any atom is -0.476 e. The van der Waals surface area contributed by atoms with Crippen molar-refractivity contribution in [2.75, 3.05) is 18.5 Å². The Labute approximate surface area is 144 Å². The summed E-state index contributed by atoms with van der Waals surface area (Å²) in [7, 11) is 0. The predicted molar refractivity (Wildman–Crippen MR) is 96.9 cm³/mol. The molecule has 0 amide bonds. The van der Waals surface area contributed by atoms with Gasteiger partial charge in [-0.2, -0.15) is 4.98 Å². The highest BCUT2D eigenvalue weighted by atomic mass is 32.1. The van der Waals surface area contributed by atoms with Crippen LogP contribution in [0.15, 0.2) is 36.5 Å². The first-order chi connectivity index (χ1) is 11.6. The molecule has 2 aromatic heterocycles. The second-order valence-electron chi connectivity index (χ2n) is 5.30. The number of hydrogen-bond acceptors (Lipinski definition) is 7. The summed E-state index contributed by atoms with van der Waals surface area (Å²) >= 11 is 1.57. The molecule has 3 aromatic rings. The summed E-state index contributed by atoms with van der Waals surface area (Å²) in [5, 5.41) is 3.98. The molecular weight excluding hydrogens is 322 g/mol. The van der Waals surface area contributed by atoms with E-state index in [-0.39, 0.29) is 0 Å². The fraction of sp³-hybridized carbons (Fsp3) is 0.235. The van der Waals surface area contributed by atoms with Gasteiger partial charge in [-0.05, 0) is 19.4 Å². The highest BCUT2D eigenvalue weighted by Gasteiger charge is 2.08. The Bertz CT molecular complexity index is 816.